The number of rotatable bonds is 8. The van der Waals surface area contributed by atoms with E-state index in [4.69, 9.17) is 27.7 Å². The molecule has 0 unspecified atom stereocenters. The molecule has 210 valence electrons. The van der Waals surface area contributed by atoms with Crippen LogP contribution >= 0.6 is 23.2 Å². The number of sulfone groups is 1. The minimum absolute atomic E-state index is 0.00772. The average molecular weight is 614 g/mol. The van der Waals surface area contributed by atoms with Gasteiger partial charge in [0, 0.05) is 32.2 Å². The summed E-state index contributed by atoms with van der Waals surface area (Å²) < 4.78 is 44.6. The number of benzene rings is 3. The van der Waals surface area contributed by atoms with E-state index < -0.39 is 15.3 Å². The average Bonchev–Trinajstić information content (AvgIpc) is 3.38. The van der Waals surface area contributed by atoms with E-state index in [1.54, 1.807) is 43.3 Å². The lowest BCUT2D eigenvalue weighted by molar-refractivity contribution is -0.116. The molecule has 5 aromatic rings. The van der Waals surface area contributed by atoms with Gasteiger partial charge in [-0.05, 0) is 67.4 Å². The number of carbonyl (C=O) groups is 1. The molecule has 1 aliphatic rings. The lowest BCUT2D eigenvalue weighted by atomic mass is 9.94. The molecule has 0 atom stereocenters. The van der Waals surface area contributed by atoms with Crippen molar-refractivity contribution >= 4 is 55.5 Å². The van der Waals surface area contributed by atoms with Gasteiger partial charge in [0.15, 0.2) is 15.7 Å². The zero-order chi connectivity index (χ0) is 28.9. The molecule has 1 saturated carbocycles. The van der Waals surface area contributed by atoms with Gasteiger partial charge in [-0.25, -0.2) is 12.8 Å². The molecule has 0 bridgehead atoms. The molecule has 9 nitrogen and oxygen atoms in total. The Kier molecular flexibility index (Phi) is 6.83. The van der Waals surface area contributed by atoms with Crippen molar-refractivity contribution in [1.29, 1.82) is 0 Å². The second kappa shape index (κ2) is 10.2. The standard InChI is InChI=1S/C28H22Cl2FN5O4S/c1-2-41(38,39)20-7-8-23-17(11-20)14-32-36(23)15-24(37)33-19-12-21(29)25(22(30)13-19)28(9-10-28)27-34-26(40-35-27)16-3-5-18(31)6-4-16/h3-8,11-14H,2,9-10,15H2,1H3,(H,33,37). The van der Waals surface area contributed by atoms with Gasteiger partial charge in [-0.3, -0.25) is 9.48 Å². The van der Waals surface area contributed by atoms with Crippen LogP contribution in [0.4, 0.5) is 10.1 Å². The molecule has 13 heteroatoms. The van der Waals surface area contributed by atoms with Crippen LogP contribution in [0.25, 0.3) is 22.4 Å². The minimum Gasteiger partial charge on any atom is -0.334 e. The Bertz CT molecular complexity index is 1890. The van der Waals surface area contributed by atoms with Crippen LogP contribution in [-0.4, -0.2) is 40.0 Å². The van der Waals surface area contributed by atoms with Gasteiger partial charge in [0.1, 0.15) is 12.4 Å². The Labute approximate surface area is 244 Å². The Balaban J connectivity index is 1.20. The van der Waals surface area contributed by atoms with Crippen molar-refractivity contribution in [3.8, 4) is 11.5 Å². The number of anilines is 1. The SMILES string of the molecule is CCS(=O)(=O)c1ccc2c(cnn2CC(=O)Nc2cc(Cl)c(C3(c4noc(-c5ccc(F)cc5)n4)CC3)c(Cl)c2)c1. The first-order chi connectivity index (χ1) is 19.6. The maximum atomic E-state index is 13.3. The molecule has 2 heterocycles. The molecule has 1 aliphatic carbocycles. The predicted octanol–water partition coefficient (Wildman–Crippen LogP) is 6.04. The number of hydrogen-bond donors (Lipinski definition) is 1. The number of carbonyl (C=O) groups excluding carboxylic acids is 1. The van der Waals surface area contributed by atoms with Gasteiger partial charge in [0.2, 0.25) is 5.91 Å². The second-order valence-electron chi connectivity index (χ2n) is 9.80. The van der Waals surface area contributed by atoms with E-state index >= 15 is 0 Å². The Hall–Kier alpha value is -3.80. The maximum Gasteiger partial charge on any atom is 0.257 e. The van der Waals surface area contributed by atoms with Gasteiger partial charge in [-0.2, -0.15) is 10.1 Å². The monoisotopic (exact) mass is 613 g/mol. The zero-order valence-corrected chi connectivity index (χ0v) is 23.9. The zero-order valence-electron chi connectivity index (χ0n) is 21.6. The largest absolute Gasteiger partial charge is 0.334 e. The smallest absolute Gasteiger partial charge is 0.257 e. The third-order valence-electron chi connectivity index (χ3n) is 7.15. The first-order valence-electron chi connectivity index (χ1n) is 12.7. The van der Waals surface area contributed by atoms with E-state index in [9.17, 15) is 17.6 Å². The summed E-state index contributed by atoms with van der Waals surface area (Å²) in [7, 11) is -3.36. The lowest BCUT2D eigenvalue weighted by Gasteiger charge is -2.17. The van der Waals surface area contributed by atoms with E-state index in [2.05, 4.69) is 20.6 Å². The highest BCUT2D eigenvalue weighted by molar-refractivity contribution is 7.91. The van der Waals surface area contributed by atoms with Crippen LogP contribution in [0.5, 0.6) is 0 Å². The molecule has 41 heavy (non-hydrogen) atoms. The van der Waals surface area contributed by atoms with E-state index in [-0.39, 0.29) is 34.8 Å². The van der Waals surface area contributed by atoms with E-state index in [1.165, 1.54) is 29.1 Å². The van der Waals surface area contributed by atoms with Crippen LogP contribution in [0.1, 0.15) is 31.2 Å². The molecule has 6 rings (SSSR count). The first kappa shape index (κ1) is 27.4. The van der Waals surface area contributed by atoms with Crippen molar-refractivity contribution in [2.24, 2.45) is 0 Å². The summed E-state index contributed by atoms with van der Waals surface area (Å²) >= 11 is 13.4. The number of nitrogens with one attached hydrogen (secondary N) is 1. The minimum atomic E-state index is -3.36. The molecular weight excluding hydrogens is 592 g/mol. The normalized spacial score (nSPS) is 14.3. The molecule has 1 amide bonds. The number of fused-ring (bicyclic) bond motifs is 1. The summed E-state index contributed by atoms with van der Waals surface area (Å²) in [6.45, 7) is 1.47. The van der Waals surface area contributed by atoms with Gasteiger partial charge in [0.25, 0.3) is 5.89 Å². The fraction of sp³-hybridized carbons (Fsp3) is 0.214. The Morgan fingerprint density at radius 3 is 2.46 bits per heavy atom. The van der Waals surface area contributed by atoms with Gasteiger partial charge in [-0.15, -0.1) is 0 Å². The van der Waals surface area contributed by atoms with Gasteiger partial charge in [-0.1, -0.05) is 35.3 Å². The highest BCUT2D eigenvalue weighted by Gasteiger charge is 2.52. The van der Waals surface area contributed by atoms with Crippen molar-refractivity contribution in [3.63, 3.8) is 0 Å². The van der Waals surface area contributed by atoms with Crippen LogP contribution in [0.2, 0.25) is 10.0 Å². The van der Waals surface area contributed by atoms with Crippen molar-refractivity contribution in [1.82, 2.24) is 19.9 Å². The Morgan fingerprint density at radius 2 is 1.80 bits per heavy atom. The number of amides is 1. The summed E-state index contributed by atoms with van der Waals surface area (Å²) in [5, 5.41) is 12.5. The van der Waals surface area contributed by atoms with Crippen LogP contribution in [-0.2, 0) is 26.6 Å². The van der Waals surface area contributed by atoms with E-state index in [0.717, 1.165) is 0 Å². The fourth-order valence-electron chi connectivity index (χ4n) is 4.83. The van der Waals surface area contributed by atoms with Gasteiger partial charge in [0.05, 0.1) is 27.8 Å². The fourth-order valence-corrected chi connectivity index (χ4v) is 6.59. The molecule has 0 spiro atoms. The summed E-state index contributed by atoms with van der Waals surface area (Å²) in [6, 6.07) is 13.7. The first-order valence-corrected chi connectivity index (χ1v) is 15.1. The Morgan fingerprint density at radius 1 is 1.10 bits per heavy atom. The molecule has 2 aromatic heterocycles. The number of halogens is 3. The lowest BCUT2D eigenvalue weighted by Crippen LogP contribution is -2.20. The highest BCUT2D eigenvalue weighted by Crippen LogP contribution is 2.57. The molecule has 3 aromatic carbocycles. The number of aromatic nitrogens is 4. The third kappa shape index (κ3) is 5.09. The van der Waals surface area contributed by atoms with E-state index in [0.29, 0.717) is 56.4 Å². The molecule has 0 aliphatic heterocycles. The number of nitrogens with zero attached hydrogens (tertiary/aromatic N) is 4. The maximum absolute atomic E-state index is 13.3. The van der Waals surface area contributed by atoms with E-state index in [1.807, 2.05) is 0 Å². The van der Waals surface area contributed by atoms with Gasteiger partial charge >= 0.3 is 0 Å². The molecule has 0 radical (unpaired) electrons. The van der Waals surface area contributed by atoms with Crippen LogP contribution < -0.4 is 5.32 Å². The van der Waals surface area contributed by atoms with Crippen molar-refractivity contribution < 1.29 is 22.1 Å². The molecule has 1 N–H and O–H groups in total. The van der Waals surface area contributed by atoms with Crippen LogP contribution in [0.3, 0.4) is 0 Å². The summed E-state index contributed by atoms with van der Waals surface area (Å²) in [5.74, 6) is -0.0563. The van der Waals surface area contributed by atoms with Crippen molar-refractivity contribution in [3.05, 3.63) is 88.0 Å². The summed E-state index contributed by atoms with van der Waals surface area (Å²) in [4.78, 5) is 17.6. The van der Waals surface area contributed by atoms with Crippen LogP contribution in [0.15, 0.2) is 70.2 Å². The number of hydrogen-bond acceptors (Lipinski definition) is 7. The van der Waals surface area contributed by atoms with Crippen LogP contribution in [0, 0.1) is 5.82 Å². The molecule has 0 saturated heterocycles. The summed E-state index contributed by atoms with van der Waals surface area (Å²) in [5.41, 5.74) is 1.62. The summed E-state index contributed by atoms with van der Waals surface area (Å²) in [6.07, 6.45) is 2.93. The predicted molar refractivity (Wildman–Crippen MR) is 152 cm³/mol. The second-order valence-corrected chi connectivity index (χ2v) is 12.9. The molecular formula is C28H22Cl2FN5O4S. The quantitative estimate of drug-likeness (QED) is 0.226. The van der Waals surface area contributed by atoms with Crippen molar-refractivity contribution in [2.75, 3.05) is 11.1 Å². The van der Waals surface area contributed by atoms with Crippen molar-refractivity contribution in [2.45, 2.75) is 36.6 Å². The third-order valence-corrected chi connectivity index (χ3v) is 9.47. The van der Waals surface area contributed by atoms with Gasteiger partial charge < -0.3 is 9.84 Å². The highest BCUT2D eigenvalue weighted by atomic mass is 35.5. The topological polar surface area (TPSA) is 120 Å². The molecule has 1 fully saturated rings.